The van der Waals surface area contributed by atoms with Gasteiger partial charge in [0.25, 0.3) is 11.6 Å². The number of nitro groups is 1. The van der Waals surface area contributed by atoms with Crippen molar-refractivity contribution in [1.29, 1.82) is 0 Å². The molecule has 2 aromatic heterocycles. The second-order valence-electron chi connectivity index (χ2n) is 5.02. The second kappa shape index (κ2) is 7.62. The first kappa shape index (κ1) is 17.4. The maximum absolute atomic E-state index is 11.8. The van der Waals surface area contributed by atoms with Crippen molar-refractivity contribution in [2.24, 2.45) is 5.10 Å². The molecule has 8 nitrogen and oxygen atoms in total. The molecule has 0 saturated carbocycles. The zero-order valence-electron chi connectivity index (χ0n) is 13.5. The van der Waals surface area contributed by atoms with Crippen LogP contribution in [-0.2, 0) is 0 Å². The van der Waals surface area contributed by atoms with Gasteiger partial charge in [-0.2, -0.15) is 5.10 Å². The molecule has 0 radical (unpaired) electrons. The quantitative estimate of drug-likeness (QED) is 0.404. The zero-order valence-corrected chi connectivity index (χ0v) is 14.4. The number of ether oxygens (including phenoxy) is 1. The lowest BCUT2D eigenvalue weighted by molar-refractivity contribution is -0.384. The third-order valence-electron chi connectivity index (χ3n) is 3.39. The van der Waals surface area contributed by atoms with Gasteiger partial charge in [0.2, 0.25) is 0 Å². The van der Waals surface area contributed by atoms with Gasteiger partial charge in [0.1, 0.15) is 17.3 Å². The minimum absolute atomic E-state index is 0.0735. The van der Waals surface area contributed by atoms with Crippen molar-refractivity contribution in [3.63, 3.8) is 0 Å². The Hall–Kier alpha value is -3.46. The van der Waals surface area contributed by atoms with Gasteiger partial charge in [-0.05, 0) is 29.6 Å². The van der Waals surface area contributed by atoms with Crippen LogP contribution in [0.3, 0.4) is 0 Å². The number of nitrogens with zero attached hydrogens (tertiary/aromatic N) is 2. The molecule has 132 valence electrons. The van der Waals surface area contributed by atoms with Gasteiger partial charge in [0, 0.05) is 12.1 Å². The molecule has 0 spiro atoms. The minimum atomic E-state index is -0.492. The molecule has 26 heavy (non-hydrogen) atoms. The zero-order chi connectivity index (χ0) is 18.5. The maximum Gasteiger partial charge on any atom is 0.281 e. The van der Waals surface area contributed by atoms with E-state index >= 15 is 0 Å². The van der Waals surface area contributed by atoms with Gasteiger partial charge in [-0.15, -0.1) is 11.3 Å². The number of nitro benzene ring substituents is 1. The lowest BCUT2D eigenvalue weighted by Gasteiger charge is -2.05. The number of non-ortho nitro benzene ring substituents is 1. The first-order valence-electron chi connectivity index (χ1n) is 7.38. The van der Waals surface area contributed by atoms with Crippen molar-refractivity contribution in [3.05, 3.63) is 68.6 Å². The van der Waals surface area contributed by atoms with Crippen LogP contribution in [-0.4, -0.2) is 24.2 Å². The molecule has 1 aromatic carbocycles. The number of hydrogen-bond acceptors (Lipinski definition) is 7. The number of hydrazone groups is 1. The van der Waals surface area contributed by atoms with Gasteiger partial charge in [0.15, 0.2) is 0 Å². The van der Waals surface area contributed by atoms with Gasteiger partial charge in [-0.1, -0.05) is 6.07 Å². The molecule has 2 heterocycles. The number of furan rings is 1. The third-order valence-corrected chi connectivity index (χ3v) is 4.26. The Bertz CT molecular complexity index is 963. The van der Waals surface area contributed by atoms with Crippen LogP contribution in [0.25, 0.3) is 11.3 Å². The number of carbonyl (C=O) groups is 1. The average Bonchev–Trinajstić information content (AvgIpc) is 3.33. The molecule has 0 bridgehead atoms. The number of carbonyl (C=O) groups excluding carboxylic acids is 1. The lowest BCUT2D eigenvalue weighted by Crippen LogP contribution is -2.15. The van der Waals surface area contributed by atoms with Crippen molar-refractivity contribution < 1.29 is 18.9 Å². The van der Waals surface area contributed by atoms with E-state index in [1.807, 2.05) is 0 Å². The van der Waals surface area contributed by atoms with Crippen LogP contribution in [0.4, 0.5) is 5.69 Å². The van der Waals surface area contributed by atoms with Gasteiger partial charge >= 0.3 is 0 Å². The van der Waals surface area contributed by atoms with Crippen molar-refractivity contribution in [2.45, 2.75) is 0 Å². The van der Waals surface area contributed by atoms with Crippen LogP contribution in [0, 0.1) is 10.1 Å². The van der Waals surface area contributed by atoms with E-state index in [0.717, 1.165) is 0 Å². The fourth-order valence-electron chi connectivity index (χ4n) is 2.19. The molecule has 0 fully saturated rings. The molecule has 1 N–H and O–H groups in total. The van der Waals surface area contributed by atoms with Crippen molar-refractivity contribution in [1.82, 2.24) is 5.43 Å². The van der Waals surface area contributed by atoms with E-state index in [9.17, 15) is 14.9 Å². The molecule has 0 aliphatic carbocycles. The van der Waals surface area contributed by atoms with E-state index in [4.69, 9.17) is 9.15 Å². The topological polar surface area (TPSA) is 107 Å². The summed E-state index contributed by atoms with van der Waals surface area (Å²) in [5.41, 5.74) is 2.77. The monoisotopic (exact) mass is 371 g/mol. The van der Waals surface area contributed by atoms with E-state index in [1.54, 1.807) is 29.6 Å². The van der Waals surface area contributed by atoms with Crippen LogP contribution in [0.15, 0.2) is 57.4 Å². The van der Waals surface area contributed by atoms with Crippen molar-refractivity contribution in [2.75, 3.05) is 7.11 Å². The maximum atomic E-state index is 11.8. The number of nitrogens with one attached hydrogen (secondary N) is 1. The van der Waals surface area contributed by atoms with Crippen molar-refractivity contribution in [3.8, 4) is 17.1 Å². The van der Waals surface area contributed by atoms with E-state index in [1.165, 1.54) is 42.9 Å². The largest absolute Gasteiger partial charge is 0.496 e. The molecule has 0 unspecified atom stereocenters. The SMILES string of the molecule is COc1ccc([N+](=O)[O-])cc1-c1ccc(/C=N\NC(=O)c2cccs2)o1. The van der Waals surface area contributed by atoms with Crippen LogP contribution < -0.4 is 10.2 Å². The molecule has 0 aliphatic heterocycles. The summed E-state index contributed by atoms with van der Waals surface area (Å²) in [4.78, 5) is 22.8. The first-order chi connectivity index (χ1) is 12.6. The molecule has 1 amide bonds. The lowest BCUT2D eigenvalue weighted by atomic mass is 10.1. The number of hydrogen-bond donors (Lipinski definition) is 1. The number of amides is 1. The highest BCUT2D eigenvalue weighted by Gasteiger charge is 2.15. The highest BCUT2D eigenvalue weighted by molar-refractivity contribution is 7.12. The molecular formula is C17H13N3O5S. The highest BCUT2D eigenvalue weighted by atomic mass is 32.1. The Morgan fingerprint density at radius 1 is 1.35 bits per heavy atom. The number of benzene rings is 1. The van der Waals surface area contributed by atoms with E-state index in [2.05, 4.69) is 10.5 Å². The number of rotatable bonds is 6. The summed E-state index contributed by atoms with van der Waals surface area (Å²) in [5.74, 6) is 0.888. The van der Waals surface area contributed by atoms with E-state index in [0.29, 0.717) is 27.7 Å². The fourth-order valence-corrected chi connectivity index (χ4v) is 2.80. The van der Waals surface area contributed by atoms with E-state index in [-0.39, 0.29) is 11.6 Å². The highest BCUT2D eigenvalue weighted by Crippen LogP contribution is 2.34. The predicted molar refractivity (Wildman–Crippen MR) is 96.7 cm³/mol. The predicted octanol–water partition coefficient (Wildman–Crippen LogP) is 3.69. The fraction of sp³-hybridized carbons (Fsp3) is 0.0588. The summed E-state index contributed by atoms with van der Waals surface area (Å²) in [6.45, 7) is 0. The molecule has 3 rings (SSSR count). The Morgan fingerprint density at radius 2 is 2.19 bits per heavy atom. The Labute approximate surface area is 151 Å². The van der Waals surface area contributed by atoms with Crippen LogP contribution in [0.5, 0.6) is 5.75 Å². The Balaban J connectivity index is 1.77. The van der Waals surface area contributed by atoms with Gasteiger partial charge in [0.05, 0.1) is 28.7 Å². The third kappa shape index (κ3) is 3.78. The smallest absolute Gasteiger partial charge is 0.281 e. The summed E-state index contributed by atoms with van der Waals surface area (Å²) in [7, 11) is 1.47. The summed E-state index contributed by atoms with van der Waals surface area (Å²) >= 11 is 1.31. The Kier molecular flexibility index (Phi) is 5.09. The van der Waals surface area contributed by atoms with Gasteiger partial charge in [-0.3, -0.25) is 14.9 Å². The second-order valence-corrected chi connectivity index (χ2v) is 5.97. The summed E-state index contributed by atoms with van der Waals surface area (Å²) in [6.07, 6.45) is 1.35. The van der Waals surface area contributed by atoms with Gasteiger partial charge in [-0.25, -0.2) is 5.43 Å². The number of thiophene rings is 1. The van der Waals surface area contributed by atoms with Crippen LogP contribution in [0.2, 0.25) is 0 Å². The summed E-state index contributed by atoms with van der Waals surface area (Å²) in [5, 5.41) is 16.6. The first-order valence-corrected chi connectivity index (χ1v) is 8.26. The average molecular weight is 371 g/mol. The molecule has 0 aliphatic rings. The normalized spacial score (nSPS) is 10.8. The Morgan fingerprint density at radius 3 is 2.88 bits per heavy atom. The summed E-state index contributed by atoms with van der Waals surface area (Å²) < 4.78 is 10.8. The minimum Gasteiger partial charge on any atom is -0.496 e. The molecule has 0 saturated heterocycles. The summed E-state index contributed by atoms with van der Waals surface area (Å²) in [6, 6.07) is 11.0. The molecular weight excluding hydrogens is 358 g/mol. The van der Waals surface area contributed by atoms with Crippen LogP contribution >= 0.6 is 11.3 Å². The molecule has 9 heteroatoms. The van der Waals surface area contributed by atoms with Gasteiger partial charge < -0.3 is 9.15 Å². The van der Waals surface area contributed by atoms with Crippen LogP contribution in [0.1, 0.15) is 15.4 Å². The molecule has 3 aromatic rings. The molecule has 0 atom stereocenters. The standard InChI is InChI=1S/C17H13N3O5S/c1-24-14-6-4-11(20(22)23)9-13(14)15-7-5-12(25-15)10-18-19-17(21)16-3-2-8-26-16/h2-10H,1H3,(H,19,21)/b18-10-. The number of methoxy groups -OCH3 is 1. The van der Waals surface area contributed by atoms with Crippen molar-refractivity contribution >= 4 is 29.1 Å². The van der Waals surface area contributed by atoms with E-state index < -0.39 is 4.92 Å².